The van der Waals surface area contributed by atoms with Crippen LogP contribution in [-0.4, -0.2) is 23.5 Å². The molecule has 0 radical (unpaired) electrons. The molecule has 3 aromatic rings. The normalized spacial score (nSPS) is 15.4. The summed E-state index contributed by atoms with van der Waals surface area (Å²) in [5.41, 5.74) is 2.77. The Morgan fingerprint density at radius 1 is 0.892 bits per heavy atom. The van der Waals surface area contributed by atoms with E-state index in [9.17, 15) is 19.7 Å². The van der Waals surface area contributed by atoms with E-state index in [0.717, 1.165) is 24.0 Å². The molecule has 0 amide bonds. The van der Waals surface area contributed by atoms with E-state index in [4.69, 9.17) is 9.47 Å². The first-order valence-electron chi connectivity index (χ1n) is 12.4. The van der Waals surface area contributed by atoms with Gasteiger partial charge in [-0.3, -0.25) is 10.1 Å². The van der Waals surface area contributed by atoms with Crippen molar-refractivity contribution < 1.29 is 24.0 Å². The Hall–Kier alpha value is -4.00. The van der Waals surface area contributed by atoms with Gasteiger partial charge in [-0.1, -0.05) is 58.0 Å². The monoisotopic (exact) mass is 501 g/mol. The number of benzene rings is 3. The summed E-state index contributed by atoms with van der Waals surface area (Å²) in [4.78, 5) is 37.0. The van der Waals surface area contributed by atoms with Gasteiger partial charge in [0.05, 0.1) is 22.7 Å². The largest absolute Gasteiger partial charge is 0.487 e. The smallest absolute Gasteiger partial charge is 0.346 e. The van der Waals surface area contributed by atoms with Gasteiger partial charge in [0, 0.05) is 11.1 Å². The van der Waals surface area contributed by atoms with Crippen LogP contribution in [-0.2, 0) is 15.6 Å². The van der Waals surface area contributed by atoms with Gasteiger partial charge < -0.3 is 9.47 Å². The van der Waals surface area contributed by atoms with Crippen molar-refractivity contribution in [2.75, 3.05) is 6.61 Å². The lowest BCUT2D eigenvalue weighted by Crippen LogP contribution is -2.35. The number of fused-ring (bicyclic) bond motifs is 1. The van der Waals surface area contributed by atoms with Crippen molar-refractivity contribution in [2.24, 2.45) is 0 Å². The molecule has 1 aliphatic carbocycles. The molecule has 0 atom stereocenters. The maximum Gasteiger partial charge on any atom is 0.346 e. The highest BCUT2D eigenvalue weighted by atomic mass is 16.6. The van der Waals surface area contributed by atoms with E-state index < -0.39 is 11.9 Å². The van der Waals surface area contributed by atoms with Crippen molar-refractivity contribution in [1.82, 2.24) is 0 Å². The molecule has 7 heteroatoms. The van der Waals surface area contributed by atoms with Crippen molar-refractivity contribution in [3.63, 3.8) is 0 Å². The van der Waals surface area contributed by atoms with Crippen LogP contribution in [0.3, 0.4) is 0 Å². The number of carbonyl (C=O) groups is 2. The first-order valence-corrected chi connectivity index (χ1v) is 12.4. The molecule has 0 aliphatic heterocycles. The van der Waals surface area contributed by atoms with Crippen LogP contribution in [0, 0.1) is 10.1 Å². The van der Waals surface area contributed by atoms with Crippen LogP contribution in [0.2, 0.25) is 0 Å². The second-order valence-corrected chi connectivity index (χ2v) is 10.6. The number of nitro benzene ring substituents is 1. The third-order valence-corrected chi connectivity index (χ3v) is 7.13. The van der Waals surface area contributed by atoms with E-state index in [1.807, 2.05) is 19.9 Å². The molecular formula is C30H31NO6. The van der Waals surface area contributed by atoms with Crippen molar-refractivity contribution in [1.29, 1.82) is 0 Å². The Kier molecular flexibility index (Phi) is 6.91. The van der Waals surface area contributed by atoms with Crippen LogP contribution in [0.15, 0.2) is 60.7 Å². The van der Waals surface area contributed by atoms with Crippen molar-refractivity contribution >= 4 is 17.6 Å². The summed E-state index contributed by atoms with van der Waals surface area (Å²) in [6.45, 7) is 10.4. The molecular weight excluding hydrogens is 470 g/mol. The molecule has 0 saturated heterocycles. The zero-order valence-electron chi connectivity index (χ0n) is 21.8. The lowest BCUT2D eigenvalue weighted by molar-refractivity contribution is -0.387. The molecule has 192 valence electrons. The molecule has 0 N–H and O–H groups in total. The van der Waals surface area contributed by atoms with Gasteiger partial charge in [0.2, 0.25) is 5.75 Å². The molecule has 0 fully saturated rings. The highest BCUT2D eigenvalue weighted by Gasteiger charge is 2.44. The van der Waals surface area contributed by atoms with Crippen LogP contribution in [0.4, 0.5) is 5.69 Å². The Morgan fingerprint density at radius 3 is 2.03 bits per heavy atom. The van der Waals surface area contributed by atoms with E-state index in [1.165, 1.54) is 0 Å². The topological polar surface area (TPSA) is 95.7 Å². The van der Waals surface area contributed by atoms with Crippen LogP contribution < -0.4 is 4.74 Å². The second-order valence-electron chi connectivity index (χ2n) is 10.6. The summed E-state index contributed by atoms with van der Waals surface area (Å²) in [6.07, 6.45) is 1.73. The fraction of sp³-hybridized carbons (Fsp3) is 0.333. The van der Waals surface area contributed by atoms with Gasteiger partial charge in [-0.15, -0.1) is 0 Å². The summed E-state index contributed by atoms with van der Waals surface area (Å²) >= 11 is 0. The Labute approximate surface area is 216 Å². The first kappa shape index (κ1) is 26.1. The molecule has 0 spiro atoms. The number of esters is 2. The number of ether oxygens (including phenoxy) is 2. The quantitative estimate of drug-likeness (QED) is 0.156. The van der Waals surface area contributed by atoms with Gasteiger partial charge >= 0.3 is 17.6 Å². The zero-order chi connectivity index (χ0) is 27.0. The average molecular weight is 502 g/mol. The SMILES string of the molecule is CCOc1c(-c2ccc(C(=O)OC(=O)c3ccccc3)cc2)cc2c(c1[N+](=O)[O-])C(C)(C)CCC2(C)C. The molecule has 0 unspecified atom stereocenters. The summed E-state index contributed by atoms with van der Waals surface area (Å²) in [5, 5.41) is 12.4. The highest BCUT2D eigenvalue weighted by molar-refractivity contribution is 6.02. The maximum absolute atomic E-state index is 12.6. The molecule has 0 bridgehead atoms. The van der Waals surface area contributed by atoms with Gasteiger partial charge in [-0.25, -0.2) is 9.59 Å². The lowest BCUT2D eigenvalue weighted by Gasteiger charge is -2.41. The number of rotatable bonds is 6. The van der Waals surface area contributed by atoms with Gasteiger partial charge in [0.15, 0.2) is 0 Å². The number of hydrogen-bond acceptors (Lipinski definition) is 6. The van der Waals surface area contributed by atoms with Crippen molar-refractivity contribution in [3.05, 3.63) is 93.0 Å². The predicted octanol–water partition coefficient (Wildman–Crippen LogP) is 7.01. The third-order valence-electron chi connectivity index (χ3n) is 7.13. The third kappa shape index (κ3) is 4.99. The molecule has 4 rings (SSSR count). The van der Waals surface area contributed by atoms with Gasteiger partial charge in [-0.05, 0) is 72.1 Å². The Balaban J connectivity index is 1.77. The number of nitro groups is 1. The lowest BCUT2D eigenvalue weighted by atomic mass is 9.62. The maximum atomic E-state index is 12.6. The standard InChI is InChI=1S/C30H31NO6/c1-6-36-26-22(18-23-24(25(26)31(34)35)30(4,5)17-16-29(23,2)3)19-12-14-21(15-13-19)28(33)37-27(32)20-10-8-7-9-11-20/h7-15,18H,6,16-17H2,1-5H3. The van der Waals surface area contributed by atoms with Gasteiger partial charge in [0.25, 0.3) is 0 Å². The fourth-order valence-electron chi connectivity index (χ4n) is 5.00. The van der Waals surface area contributed by atoms with Crippen LogP contribution >= 0.6 is 0 Å². The predicted molar refractivity (Wildman–Crippen MR) is 141 cm³/mol. The number of nitrogens with zero attached hydrogens (tertiary/aromatic N) is 1. The fourth-order valence-corrected chi connectivity index (χ4v) is 5.00. The number of hydrogen-bond donors (Lipinski definition) is 0. The molecule has 37 heavy (non-hydrogen) atoms. The number of carbonyl (C=O) groups excluding carboxylic acids is 2. The molecule has 3 aromatic carbocycles. The van der Waals surface area contributed by atoms with E-state index in [2.05, 4.69) is 13.8 Å². The van der Waals surface area contributed by atoms with E-state index >= 15 is 0 Å². The minimum atomic E-state index is -0.773. The molecule has 1 aliphatic rings. The molecule has 0 aromatic heterocycles. The minimum absolute atomic E-state index is 0.00377. The van der Waals surface area contributed by atoms with Crippen molar-refractivity contribution in [2.45, 2.75) is 58.3 Å². The van der Waals surface area contributed by atoms with Crippen LogP contribution in [0.5, 0.6) is 5.75 Å². The summed E-state index contributed by atoms with van der Waals surface area (Å²) < 4.78 is 10.9. The van der Waals surface area contributed by atoms with Gasteiger partial charge in [-0.2, -0.15) is 0 Å². The Bertz CT molecular complexity index is 1360. The molecule has 0 heterocycles. The first-order chi connectivity index (χ1) is 17.5. The average Bonchev–Trinajstić information content (AvgIpc) is 2.87. The zero-order valence-corrected chi connectivity index (χ0v) is 21.8. The summed E-state index contributed by atoms with van der Waals surface area (Å²) in [5.74, 6) is -1.28. The second kappa shape index (κ2) is 9.81. The van der Waals surface area contributed by atoms with E-state index in [1.54, 1.807) is 61.5 Å². The summed E-state index contributed by atoms with van der Waals surface area (Å²) in [6, 6.07) is 16.8. The highest BCUT2D eigenvalue weighted by Crippen LogP contribution is 2.54. The van der Waals surface area contributed by atoms with E-state index in [0.29, 0.717) is 11.1 Å². The molecule has 7 nitrogen and oxygen atoms in total. The van der Waals surface area contributed by atoms with Gasteiger partial charge in [0.1, 0.15) is 0 Å². The minimum Gasteiger partial charge on any atom is -0.487 e. The summed E-state index contributed by atoms with van der Waals surface area (Å²) in [7, 11) is 0. The van der Waals surface area contributed by atoms with Crippen LogP contribution in [0.25, 0.3) is 11.1 Å². The molecule has 0 saturated carbocycles. The van der Waals surface area contributed by atoms with Crippen molar-refractivity contribution in [3.8, 4) is 16.9 Å². The van der Waals surface area contributed by atoms with Crippen LogP contribution in [0.1, 0.15) is 79.3 Å². The Morgan fingerprint density at radius 2 is 1.46 bits per heavy atom. The van der Waals surface area contributed by atoms with E-state index in [-0.39, 0.29) is 44.9 Å².